The Morgan fingerprint density at radius 1 is 0.765 bits per heavy atom. The van der Waals surface area contributed by atoms with Crippen molar-refractivity contribution in [1.29, 1.82) is 0 Å². The van der Waals surface area contributed by atoms with Gasteiger partial charge in [-0.25, -0.2) is 0 Å². The highest BCUT2D eigenvalue weighted by Crippen LogP contribution is 2.40. The molecule has 0 saturated carbocycles. The highest BCUT2D eigenvalue weighted by Gasteiger charge is 2.46. The Kier molecular flexibility index (Phi) is 31.8. The van der Waals surface area contributed by atoms with E-state index in [1.54, 1.807) is 5.57 Å². The van der Waals surface area contributed by atoms with Gasteiger partial charge in [-0.05, 0) is 123 Å². The highest BCUT2D eigenvalue weighted by atomic mass is 16.7. The minimum atomic E-state index is -1.48. The molecule has 68 heavy (non-hydrogen) atoms. The number of aliphatic hydroxyl groups excluding tert-OH is 3. The first-order valence-corrected chi connectivity index (χ1v) is 27.9. The summed E-state index contributed by atoms with van der Waals surface area (Å²) in [4.78, 5) is 12.5. The fraction of sp³-hybridized carbons (Fsp3) is 0.787. The van der Waals surface area contributed by atoms with Gasteiger partial charge in [0.1, 0.15) is 31.0 Å². The number of carbonyl (C=O) groups is 1. The van der Waals surface area contributed by atoms with E-state index < -0.39 is 36.3 Å². The molecule has 2 aliphatic rings. The fourth-order valence-electron chi connectivity index (χ4n) is 9.95. The van der Waals surface area contributed by atoms with Crippen LogP contribution in [0.25, 0.3) is 0 Å². The van der Waals surface area contributed by atoms with Crippen LogP contribution >= 0.6 is 0 Å². The van der Waals surface area contributed by atoms with Crippen molar-refractivity contribution < 1.29 is 34.3 Å². The molecular weight excluding hydrogens is 845 g/mol. The van der Waals surface area contributed by atoms with Crippen LogP contribution in [0.3, 0.4) is 0 Å². The maximum Gasteiger partial charge on any atom is 0.305 e. The molecule has 7 nitrogen and oxygen atoms in total. The average molecular weight is 952 g/mol. The lowest BCUT2D eigenvalue weighted by molar-refractivity contribution is -0.324. The van der Waals surface area contributed by atoms with Gasteiger partial charge in [0, 0.05) is 6.42 Å². The van der Waals surface area contributed by atoms with Crippen LogP contribution in [0.15, 0.2) is 70.4 Å². The molecule has 0 aromatic carbocycles. The SMILES string of the molecule is CCCCCCCCCCCCCCC(=O)OC[C@H]1O[C@H](OC(C)(C)CCC/C(C)=C/C=C/C(C)=C/C/C=C(\C)CCCCC(C)CCCC(C)CCC2=C(C)C=CCC2(C)C)[C@H](O)[C@@H](O)[C@@H]1O. The lowest BCUT2D eigenvalue weighted by atomic mass is 9.73. The van der Waals surface area contributed by atoms with E-state index in [9.17, 15) is 20.1 Å². The lowest BCUT2D eigenvalue weighted by Crippen LogP contribution is -2.60. The predicted octanol–water partition coefficient (Wildman–Crippen LogP) is 16.3. The maximum absolute atomic E-state index is 12.5. The van der Waals surface area contributed by atoms with Crippen molar-refractivity contribution in [2.45, 2.75) is 286 Å². The molecule has 1 heterocycles. The summed E-state index contributed by atoms with van der Waals surface area (Å²) in [6.07, 6.45) is 40.7. The second-order valence-electron chi connectivity index (χ2n) is 22.8. The van der Waals surface area contributed by atoms with Crippen LogP contribution in [-0.4, -0.2) is 64.2 Å². The Hall–Kier alpha value is -2.29. The zero-order chi connectivity index (χ0) is 50.4. The van der Waals surface area contributed by atoms with E-state index in [0.29, 0.717) is 18.3 Å². The summed E-state index contributed by atoms with van der Waals surface area (Å²) in [5, 5.41) is 32.0. The summed E-state index contributed by atoms with van der Waals surface area (Å²) in [6, 6.07) is 0. The molecule has 3 N–H and O–H groups in total. The van der Waals surface area contributed by atoms with Crippen molar-refractivity contribution in [1.82, 2.24) is 0 Å². The Morgan fingerprint density at radius 2 is 1.35 bits per heavy atom. The van der Waals surface area contributed by atoms with Gasteiger partial charge < -0.3 is 29.5 Å². The first kappa shape index (κ1) is 61.8. The first-order chi connectivity index (χ1) is 32.3. The second kappa shape index (κ2) is 34.9. The number of aliphatic hydroxyl groups is 3. The van der Waals surface area contributed by atoms with Crippen LogP contribution in [0.5, 0.6) is 0 Å². The summed E-state index contributed by atoms with van der Waals surface area (Å²) in [5.41, 5.74) is 6.85. The smallest absolute Gasteiger partial charge is 0.305 e. The Balaban J connectivity index is 1.60. The maximum atomic E-state index is 12.5. The summed E-state index contributed by atoms with van der Waals surface area (Å²) >= 11 is 0. The van der Waals surface area contributed by atoms with E-state index in [-0.39, 0.29) is 12.6 Å². The molecule has 1 aliphatic carbocycles. The molecule has 7 heteroatoms. The van der Waals surface area contributed by atoms with E-state index >= 15 is 0 Å². The van der Waals surface area contributed by atoms with Crippen LogP contribution in [0.4, 0.5) is 0 Å². The van der Waals surface area contributed by atoms with Gasteiger partial charge in [-0.3, -0.25) is 4.79 Å². The largest absolute Gasteiger partial charge is 0.463 e. The predicted molar refractivity (Wildman–Crippen MR) is 287 cm³/mol. The molecular formula is C61H106O7. The van der Waals surface area contributed by atoms with E-state index in [1.165, 1.54) is 144 Å². The number of ether oxygens (including phenoxy) is 3. The minimum absolute atomic E-state index is 0.207. The van der Waals surface area contributed by atoms with Gasteiger partial charge in [0.15, 0.2) is 6.29 Å². The van der Waals surface area contributed by atoms with Crippen molar-refractivity contribution in [2.24, 2.45) is 17.3 Å². The quantitative estimate of drug-likeness (QED) is 0.0247. The van der Waals surface area contributed by atoms with Gasteiger partial charge in [-0.15, -0.1) is 0 Å². The third-order valence-corrected chi connectivity index (χ3v) is 14.8. The van der Waals surface area contributed by atoms with Crippen molar-refractivity contribution in [3.63, 3.8) is 0 Å². The Morgan fingerprint density at radius 3 is 2.00 bits per heavy atom. The molecule has 0 amide bonds. The molecule has 0 radical (unpaired) electrons. The van der Waals surface area contributed by atoms with Gasteiger partial charge in [0.05, 0.1) is 5.60 Å². The molecule has 1 fully saturated rings. The van der Waals surface area contributed by atoms with Crippen LogP contribution in [0.2, 0.25) is 0 Å². The summed E-state index contributed by atoms with van der Waals surface area (Å²) in [5.74, 6) is 1.28. The number of allylic oxidation sites excluding steroid dienone is 12. The van der Waals surface area contributed by atoms with Crippen molar-refractivity contribution in [3.05, 3.63) is 70.4 Å². The zero-order valence-electron chi connectivity index (χ0n) is 45.9. The van der Waals surface area contributed by atoms with Gasteiger partial charge in [0.25, 0.3) is 0 Å². The fourth-order valence-corrected chi connectivity index (χ4v) is 9.95. The lowest BCUT2D eigenvalue weighted by Gasteiger charge is -2.42. The van der Waals surface area contributed by atoms with Crippen LogP contribution in [0.1, 0.15) is 250 Å². The van der Waals surface area contributed by atoms with Gasteiger partial charge in [-0.2, -0.15) is 0 Å². The van der Waals surface area contributed by atoms with Crippen LogP contribution < -0.4 is 0 Å². The van der Waals surface area contributed by atoms with Gasteiger partial charge >= 0.3 is 5.97 Å². The molecule has 0 aromatic rings. The summed E-state index contributed by atoms with van der Waals surface area (Å²) in [7, 11) is 0. The van der Waals surface area contributed by atoms with E-state index in [2.05, 4.69) is 105 Å². The topological polar surface area (TPSA) is 105 Å². The number of hydrogen-bond donors (Lipinski definition) is 3. The van der Waals surface area contributed by atoms with Crippen molar-refractivity contribution >= 4 is 5.97 Å². The van der Waals surface area contributed by atoms with Crippen molar-refractivity contribution in [2.75, 3.05) is 6.61 Å². The molecule has 0 bridgehead atoms. The molecule has 1 saturated heterocycles. The summed E-state index contributed by atoms with van der Waals surface area (Å²) < 4.78 is 17.5. The van der Waals surface area contributed by atoms with Crippen LogP contribution in [-0.2, 0) is 19.0 Å². The molecule has 2 unspecified atom stereocenters. The third kappa shape index (κ3) is 27.4. The van der Waals surface area contributed by atoms with Crippen molar-refractivity contribution in [3.8, 4) is 0 Å². The molecule has 2 rings (SSSR count). The molecule has 7 atom stereocenters. The van der Waals surface area contributed by atoms with Gasteiger partial charge in [-0.1, -0.05) is 208 Å². The highest BCUT2D eigenvalue weighted by molar-refractivity contribution is 5.69. The average Bonchev–Trinajstić information content (AvgIpc) is 3.27. The second-order valence-corrected chi connectivity index (χ2v) is 22.8. The molecule has 392 valence electrons. The molecule has 1 aliphatic heterocycles. The Bertz CT molecular complexity index is 1560. The molecule has 0 aromatic heterocycles. The first-order valence-electron chi connectivity index (χ1n) is 27.9. The van der Waals surface area contributed by atoms with Gasteiger partial charge in [0.2, 0.25) is 0 Å². The summed E-state index contributed by atoms with van der Waals surface area (Å²) in [6.45, 7) is 24.5. The van der Waals surface area contributed by atoms with Crippen LogP contribution in [0, 0.1) is 17.3 Å². The Labute approximate surface area is 418 Å². The minimum Gasteiger partial charge on any atom is -0.463 e. The third-order valence-electron chi connectivity index (χ3n) is 14.8. The number of hydrogen-bond acceptors (Lipinski definition) is 7. The van der Waals surface area contributed by atoms with E-state index in [0.717, 1.165) is 50.4 Å². The number of esters is 1. The van der Waals surface area contributed by atoms with E-state index in [1.807, 2.05) is 13.8 Å². The normalized spacial score (nSPS) is 22.6. The molecule has 0 spiro atoms. The zero-order valence-corrected chi connectivity index (χ0v) is 45.9. The number of rotatable bonds is 37. The van der Waals surface area contributed by atoms with E-state index in [4.69, 9.17) is 14.2 Å². The monoisotopic (exact) mass is 951 g/mol. The standard InChI is InChI=1S/C61H106O7/c1-12-13-14-15-16-17-18-19-20-21-22-23-41-55(62)66-46-54-56(63)57(64)58(65)59(67-54)68-61(10,11)45-29-39-50(5)37-27-36-49(4)35-26-33-47(2)31-24-25-32-48(3)34-28-38-51(6)42-43-53-52(7)40-30-44-60(53,8)9/h27,30,33,35-37,40,48,51,54,56-59,63-65H,12-26,28-29,31-32,34,38-39,41-46H2,1-11H3/b36-27+,47-33+,49-35+,50-37+/t48?,51?,54-,56-,57+,58-,59-/m1/s1. The number of unbranched alkanes of at least 4 members (excludes halogenated alkanes) is 12. The number of carbonyl (C=O) groups excluding carboxylic acids is 1.